The monoisotopic (exact) mass is 208 g/mol. The summed E-state index contributed by atoms with van der Waals surface area (Å²) in [5, 5.41) is 2.70. The maximum Gasteiger partial charge on any atom is 0.463 e. The minimum Gasteiger partial charge on any atom is -0.229 e. The summed E-state index contributed by atoms with van der Waals surface area (Å²) in [4.78, 5) is 0. The highest BCUT2D eigenvalue weighted by molar-refractivity contribution is 7.91. The van der Waals surface area contributed by atoms with Crippen LogP contribution in [-0.4, -0.2) is 26.0 Å². The van der Waals surface area contributed by atoms with Crippen LogP contribution in [0.4, 0.5) is 0 Å². The number of nitrogens with one attached hydrogen (secondary N) is 1. The molecule has 1 aliphatic rings. The molecule has 0 saturated carbocycles. The lowest BCUT2D eigenvalue weighted by molar-refractivity contribution is 0.572. The predicted molar refractivity (Wildman–Crippen MR) is 48.0 cm³/mol. The molecule has 1 heterocycles. The molecule has 0 amide bonds. The van der Waals surface area contributed by atoms with Crippen molar-refractivity contribution in [1.82, 2.24) is 5.09 Å². The quantitative estimate of drug-likeness (QED) is 0.691. The number of hydrogen-bond donors (Lipinski definition) is 1. The van der Waals surface area contributed by atoms with Crippen LogP contribution in [0.1, 0.15) is 6.42 Å². The fraction of sp³-hybridized carbons (Fsp3) is 0.667. The zero-order valence-electron chi connectivity index (χ0n) is 6.56. The summed E-state index contributed by atoms with van der Waals surface area (Å²) in [6, 6.07) is -0.156. The zero-order valence-corrected chi connectivity index (χ0v) is 8.27. The first-order chi connectivity index (χ1) is 5.53. The van der Waals surface area contributed by atoms with E-state index in [0.29, 0.717) is 6.42 Å². The van der Waals surface area contributed by atoms with Crippen molar-refractivity contribution in [1.29, 1.82) is 0 Å². The Kier molecular flexibility index (Phi) is 2.99. The third-order valence-corrected chi connectivity index (χ3v) is 4.43. The summed E-state index contributed by atoms with van der Waals surface area (Å²) >= 11 is 0. The molecule has 0 bridgehead atoms. The zero-order chi connectivity index (χ0) is 9.19. The van der Waals surface area contributed by atoms with Crippen LogP contribution in [0, 0.1) is 0 Å². The molecule has 12 heavy (non-hydrogen) atoms. The Morgan fingerprint density at radius 2 is 2.25 bits per heavy atom. The van der Waals surface area contributed by atoms with Crippen LogP contribution in [0.5, 0.6) is 0 Å². The molecule has 0 aromatic rings. The van der Waals surface area contributed by atoms with Crippen LogP contribution in [0.2, 0.25) is 0 Å². The topological polar surface area (TPSA) is 63.2 Å². The third-order valence-electron chi connectivity index (χ3n) is 1.71. The molecule has 0 spiro atoms. The van der Waals surface area contributed by atoms with E-state index in [2.05, 4.69) is 11.7 Å². The second-order valence-corrected chi connectivity index (χ2v) is 6.24. The molecule has 1 saturated heterocycles. The van der Waals surface area contributed by atoms with Gasteiger partial charge in [-0.05, 0) is 11.0 Å². The van der Waals surface area contributed by atoms with Crippen LogP contribution in [-0.2, 0) is 14.4 Å². The average Bonchev–Trinajstić information content (AvgIpc) is 2.30. The van der Waals surface area contributed by atoms with E-state index in [1.54, 1.807) is 0 Å². The van der Waals surface area contributed by atoms with Gasteiger partial charge in [-0.15, -0.1) is 5.09 Å². The number of rotatable bonds is 3. The van der Waals surface area contributed by atoms with E-state index in [4.69, 9.17) is 0 Å². The fourth-order valence-corrected chi connectivity index (χ4v) is 3.61. The first-order valence-corrected chi connectivity index (χ1v) is 6.74. The van der Waals surface area contributed by atoms with E-state index in [9.17, 15) is 13.0 Å². The van der Waals surface area contributed by atoms with Crippen molar-refractivity contribution in [3.05, 3.63) is 12.4 Å². The number of sulfone groups is 1. The molecule has 1 rings (SSSR count). The van der Waals surface area contributed by atoms with Gasteiger partial charge in [0.1, 0.15) is 0 Å². The van der Waals surface area contributed by atoms with Gasteiger partial charge in [-0.25, -0.2) is 8.42 Å². The second kappa shape index (κ2) is 3.64. The largest absolute Gasteiger partial charge is 0.463 e. The maximum absolute atomic E-state index is 11.0. The van der Waals surface area contributed by atoms with Crippen LogP contribution in [0.15, 0.2) is 12.4 Å². The van der Waals surface area contributed by atoms with Crippen LogP contribution < -0.4 is 5.09 Å². The van der Waals surface area contributed by atoms with E-state index in [-0.39, 0.29) is 17.5 Å². The fourth-order valence-electron chi connectivity index (χ4n) is 1.13. The maximum atomic E-state index is 11.0. The second-order valence-electron chi connectivity index (χ2n) is 2.74. The molecular formula is C6H11NO3PS+. The lowest BCUT2D eigenvalue weighted by atomic mass is 10.3. The minimum atomic E-state index is -2.87. The molecular weight excluding hydrogens is 197 g/mol. The van der Waals surface area contributed by atoms with E-state index >= 15 is 0 Å². The van der Waals surface area contributed by atoms with Gasteiger partial charge in [-0.3, -0.25) is 0 Å². The smallest absolute Gasteiger partial charge is 0.229 e. The van der Waals surface area contributed by atoms with Crippen molar-refractivity contribution in [2.75, 3.05) is 11.5 Å². The van der Waals surface area contributed by atoms with E-state index < -0.39 is 17.8 Å². The predicted octanol–water partition coefficient (Wildman–Crippen LogP) is 0.649. The number of hydrogen-bond acceptors (Lipinski definition) is 3. The minimum absolute atomic E-state index is 0.0991. The molecule has 0 aromatic heterocycles. The Balaban J connectivity index is 2.49. The van der Waals surface area contributed by atoms with Crippen LogP contribution in [0.25, 0.3) is 0 Å². The molecule has 68 valence electrons. The molecule has 2 unspecified atom stereocenters. The Morgan fingerprint density at radius 1 is 1.58 bits per heavy atom. The van der Waals surface area contributed by atoms with Crippen molar-refractivity contribution < 1.29 is 13.0 Å². The van der Waals surface area contributed by atoms with E-state index in [1.807, 2.05) is 0 Å². The van der Waals surface area contributed by atoms with Gasteiger partial charge in [0.05, 0.1) is 17.5 Å². The highest BCUT2D eigenvalue weighted by Gasteiger charge is 2.31. The Morgan fingerprint density at radius 3 is 2.67 bits per heavy atom. The molecule has 1 fully saturated rings. The van der Waals surface area contributed by atoms with Crippen LogP contribution >= 0.6 is 7.95 Å². The Hall–Kier alpha value is -0.250. The molecule has 4 nitrogen and oxygen atoms in total. The molecule has 6 heteroatoms. The highest BCUT2D eigenvalue weighted by atomic mass is 32.2. The normalized spacial score (nSPS) is 28.3. The van der Waals surface area contributed by atoms with Gasteiger partial charge in [0.2, 0.25) is 0 Å². The van der Waals surface area contributed by atoms with Gasteiger partial charge in [0.25, 0.3) is 0 Å². The molecule has 2 atom stereocenters. The Labute approximate surface area is 72.8 Å². The first-order valence-electron chi connectivity index (χ1n) is 3.59. The summed E-state index contributed by atoms with van der Waals surface area (Å²) in [6.07, 6.45) is 0.553. The lowest BCUT2D eigenvalue weighted by Gasteiger charge is -1.97. The van der Waals surface area contributed by atoms with Gasteiger partial charge in [0.15, 0.2) is 15.7 Å². The van der Waals surface area contributed by atoms with Crippen molar-refractivity contribution in [3.63, 3.8) is 0 Å². The van der Waals surface area contributed by atoms with Gasteiger partial charge < -0.3 is 0 Å². The summed E-state index contributed by atoms with van der Waals surface area (Å²) in [6.45, 7) is 3.34. The summed E-state index contributed by atoms with van der Waals surface area (Å²) < 4.78 is 32.8. The lowest BCUT2D eigenvalue weighted by Crippen LogP contribution is -2.23. The Bertz CT molecular complexity index is 298. The average molecular weight is 208 g/mol. The molecule has 0 aliphatic carbocycles. The standard InChI is InChI=1S/C6H11NO3PS/c1-2-11(8)7-6-3-4-12(9,10)5-6/h2,6H,1,3-5H2,(H,7,8)/q+1. The molecule has 0 radical (unpaired) electrons. The van der Waals surface area contributed by atoms with Crippen molar-refractivity contribution in [3.8, 4) is 0 Å². The van der Waals surface area contributed by atoms with Gasteiger partial charge >= 0.3 is 7.95 Å². The first kappa shape index (κ1) is 9.84. The van der Waals surface area contributed by atoms with Crippen molar-refractivity contribution in [2.45, 2.75) is 12.5 Å². The molecule has 1 aliphatic heterocycles. The molecule has 1 N–H and O–H groups in total. The van der Waals surface area contributed by atoms with Crippen molar-refractivity contribution in [2.24, 2.45) is 0 Å². The van der Waals surface area contributed by atoms with E-state index in [1.165, 1.54) is 5.82 Å². The van der Waals surface area contributed by atoms with Gasteiger partial charge in [0, 0.05) is 0 Å². The summed E-state index contributed by atoms with van der Waals surface area (Å²) in [5.41, 5.74) is 0. The van der Waals surface area contributed by atoms with Gasteiger partial charge in [-0.2, -0.15) is 0 Å². The SMILES string of the molecule is C=C[P+](=O)NC1CCS(=O)(=O)C1. The van der Waals surface area contributed by atoms with E-state index in [0.717, 1.165) is 0 Å². The molecule has 0 aromatic carbocycles. The van der Waals surface area contributed by atoms with Crippen molar-refractivity contribution >= 4 is 17.8 Å². The van der Waals surface area contributed by atoms with Crippen LogP contribution in [0.3, 0.4) is 0 Å². The highest BCUT2D eigenvalue weighted by Crippen LogP contribution is 2.21. The third kappa shape index (κ3) is 2.66. The summed E-state index contributed by atoms with van der Waals surface area (Å²) in [5.74, 6) is 1.59. The summed E-state index contributed by atoms with van der Waals surface area (Å²) in [7, 11) is -4.51. The van der Waals surface area contributed by atoms with Gasteiger partial charge in [-0.1, -0.05) is 6.58 Å².